The van der Waals surface area contributed by atoms with Crippen molar-refractivity contribution in [2.75, 3.05) is 0 Å². The van der Waals surface area contributed by atoms with Crippen LogP contribution >= 0.6 is 0 Å². The van der Waals surface area contributed by atoms with Crippen molar-refractivity contribution in [3.63, 3.8) is 0 Å². The average Bonchev–Trinajstić information content (AvgIpc) is 2.37. The second-order valence-electron chi connectivity index (χ2n) is 5.72. The number of hydrogen-bond donors (Lipinski definition) is 1. The molecule has 0 aliphatic rings. The normalized spacial score (nSPS) is 13.6. The smallest absolute Gasteiger partial charge is 0.332 e. The molecule has 8 heteroatoms. The third-order valence-corrected chi connectivity index (χ3v) is 5.89. The molecule has 108 valence electrons. The summed E-state index contributed by atoms with van der Waals surface area (Å²) >= 11 is 0. The van der Waals surface area contributed by atoms with Crippen LogP contribution in [0.5, 0.6) is 0 Å². The summed E-state index contributed by atoms with van der Waals surface area (Å²) in [5.74, 6) is 0. The molecule has 2 aromatic rings. The minimum absolute atomic E-state index is 0.0518. The Kier molecular flexibility index (Phi) is 3.86. The van der Waals surface area contributed by atoms with Gasteiger partial charge in [-0.3, -0.25) is 14.3 Å². The van der Waals surface area contributed by atoms with Crippen LogP contribution in [-0.4, -0.2) is 33.3 Å². The molecular weight excluding hydrogens is 276 g/mol. The number of nitrogens with one attached hydrogen (secondary N) is 1. The number of H-pyrrole nitrogens is 1. The second-order valence-corrected chi connectivity index (χ2v) is 11.3. The predicted octanol–water partition coefficient (Wildman–Crippen LogP) is 0.720. The first-order chi connectivity index (χ1) is 9.30. The lowest BCUT2D eigenvalue weighted by molar-refractivity contribution is 0.0560. The van der Waals surface area contributed by atoms with E-state index >= 15 is 0 Å². The summed E-state index contributed by atoms with van der Waals surface area (Å²) < 4.78 is 7.05. The number of hydrogen-bond acceptors (Lipinski definition) is 5. The average molecular weight is 294 g/mol. The van der Waals surface area contributed by atoms with Crippen molar-refractivity contribution in [1.82, 2.24) is 19.5 Å². The van der Waals surface area contributed by atoms with E-state index < -0.39 is 19.3 Å². The van der Waals surface area contributed by atoms with Crippen molar-refractivity contribution >= 4 is 19.2 Å². The van der Waals surface area contributed by atoms with Crippen molar-refractivity contribution < 1.29 is 4.74 Å². The van der Waals surface area contributed by atoms with E-state index in [0.717, 1.165) is 0 Å². The fraction of sp³-hybridized carbons (Fsp3) is 0.500. The highest BCUT2D eigenvalue weighted by Crippen LogP contribution is 2.11. The van der Waals surface area contributed by atoms with Crippen LogP contribution in [0.4, 0.5) is 0 Å². The van der Waals surface area contributed by atoms with E-state index in [1.165, 1.54) is 17.0 Å². The first-order valence-electron chi connectivity index (χ1n) is 6.36. The standard InChI is InChI=1S/C12H18N4O3Si/c1-8(20(2,3)4)19-7-16-10-9(13-5-6-14-10)11(17)15-12(16)18/h5-6,8H,7H2,1-4H3,(H,15,17,18). The van der Waals surface area contributed by atoms with Gasteiger partial charge in [-0.15, -0.1) is 0 Å². The highest BCUT2D eigenvalue weighted by Gasteiger charge is 2.23. The van der Waals surface area contributed by atoms with Gasteiger partial charge in [-0.05, 0) is 6.92 Å². The monoisotopic (exact) mass is 294 g/mol. The maximum Gasteiger partial charge on any atom is 0.332 e. The van der Waals surface area contributed by atoms with Crippen molar-refractivity contribution in [3.8, 4) is 0 Å². The molecule has 1 N–H and O–H groups in total. The van der Waals surface area contributed by atoms with Gasteiger partial charge < -0.3 is 4.74 Å². The highest BCUT2D eigenvalue weighted by molar-refractivity contribution is 6.77. The molecule has 0 bridgehead atoms. The summed E-state index contributed by atoms with van der Waals surface area (Å²) in [5, 5.41) is 0. The molecule has 0 aromatic carbocycles. The largest absolute Gasteiger partial charge is 0.361 e. The number of ether oxygens (including phenoxy) is 1. The summed E-state index contributed by atoms with van der Waals surface area (Å²) in [4.78, 5) is 33.8. The Bertz CT molecular complexity index is 732. The van der Waals surface area contributed by atoms with E-state index in [1.54, 1.807) is 0 Å². The van der Waals surface area contributed by atoms with Crippen LogP contribution in [0.3, 0.4) is 0 Å². The number of fused-ring (bicyclic) bond motifs is 1. The van der Waals surface area contributed by atoms with Crippen LogP contribution in [-0.2, 0) is 11.5 Å². The van der Waals surface area contributed by atoms with Gasteiger partial charge in [0.2, 0.25) is 0 Å². The Balaban J connectivity index is 2.40. The van der Waals surface area contributed by atoms with Crippen molar-refractivity contribution in [2.24, 2.45) is 0 Å². The van der Waals surface area contributed by atoms with E-state index in [4.69, 9.17) is 4.74 Å². The Hall–Kier alpha value is -1.80. The van der Waals surface area contributed by atoms with Gasteiger partial charge in [0.25, 0.3) is 5.56 Å². The molecule has 1 unspecified atom stereocenters. The van der Waals surface area contributed by atoms with Crippen LogP contribution < -0.4 is 11.2 Å². The molecule has 0 saturated heterocycles. The Morgan fingerprint density at radius 3 is 2.60 bits per heavy atom. The van der Waals surface area contributed by atoms with Crippen LogP contribution in [0.2, 0.25) is 19.6 Å². The molecule has 0 fully saturated rings. The van der Waals surface area contributed by atoms with Crippen LogP contribution in [0, 0.1) is 0 Å². The molecule has 20 heavy (non-hydrogen) atoms. The van der Waals surface area contributed by atoms with E-state index in [2.05, 4.69) is 34.6 Å². The van der Waals surface area contributed by atoms with Gasteiger partial charge in [0.1, 0.15) is 6.73 Å². The summed E-state index contributed by atoms with van der Waals surface area (Å²) in [6.07, 6.45) is 2.86. The molecule has 2 heterocycles. The lowest BCUT2D eigenvalue weighted by atomic mass is 10.5. The fourth-order valence-corrected chi connectivity index (χ4v) is 2.14. The van der Waals surface area contributed by atoms with E-state index in [0.29, 0.717) is 0 Å². The molecule has 0 aliphatic carbocycles. The van der Waals surface area contributed by atoms with Crippen LogP contribution in [0.25, 0.3) is 11.2 Å². The Morgan fingerprint density at radius 1 is 1.30 bits per heavy atom. The highest BCUT2D eigenvalue weighted by atomic mass is 28.3. The third kappa shape index (κ3) is 2.85. The van der Waals surface area contributed by atoms with Gasteiger partial charge in [-0.2, -0.15) is 0 Å². The van der Waals surface area contributed by atoms with Gasteiger partial charge in [0, 0.05) is 18.1 Å². The van der Waals surface area contributed by atoms with Crippen LogP contribution in [0.1, 0.15) is 6.92 Å². The van der Waals surface area contributed by atoms with E-state index in [1.807, 2.05) is 6.92 Å². The SMILES string of the molecule is CC(OCn1c(=O)[nH]c(=O)c2nccnc21)[Si](C)(C)C. The molecule has 0 aliphatic heterocycles. The quantitative estimate of drug-likeness (QED) is 0.839. The molecule has 1 atom stereocenters. The molecule has 0 radical (unpaired) electrons. The zero-order valence-electron chi connectivity index (χ0n) is 12.0. The van der Waals surface area contributed by atoms with E-state index in [9.17, 15) is 9.59 Å². The van der Waals surface area contributed by atoms with Gasteiger partial charge in [0.05, 0.1) is 8.07 Å². The number of aromatic amines is 1. The number of aromatic nitrogens is 4. The third-order valence-electron chi connectivity index (χ3n) is 3.29. The summed E-state index contributed by atoms with van der Waals surface area (Å²) in [5.41, 5.74) is -0.619. The van der Waals surface area contributed by atoms with Crippen molar-refractivity contribution in [1.29, 1.82) is 0 Å². The topological polar surface area (TPSA) is 89.9 Å². The van der Waals surface area contributed by atoms with Gasteiger partial charge in [-0.25, -0.2) is 14.8 Å². The zero-order valence-corrected chi connectivity index (χ0v) is 13.0. The summed E-state index contributed by atoms with van der Waals surface area (Å²) in [7, 11) is -1.46. The molecule has 0 spiro atoms. The molecule has 0 saturated carbocycles. The van der Waals surface area contributed by atoms with Gasteiger partial charge in [0.15, 0.2) is 11.2 Å². The van der Waals surface area contributed by atoms with E-state index in [-0.39, 0.29) is 23.6 Å². The first kappa shape index (κ1) is 14.6. The molecule has 2 aromatic heterocycles. The minimum atomic E-state index is -1.46. The molecule has 0 amide bonds. The second kappa shape index (κ2) is 5.29. The summed E-state index contributed by atoms with van der Waals surface area (Å²) in [6, 6.07) is 0. The Labute approximate surface area is 116 Å². The van der Waals surface area contributed by atoms with Crippen molar-refractivity contribution in [3.05, 3.63) is 33.2 Å². The number of nitrogens with zero attached hydrogens (tertiary/aromatic N) is 3. The lowest BCUT2D eigenvalue weighted by Gasteiger charge is -2.25. The fourth-order valence-electron chi connectivity index (χ4n) is 1.56. The summed E-state index contributed by atoms with van der Waals surface area (Å²) in [6.45, 7) is 8.61. The molecule has 2 rings (SSSR count). The maximum atomic E-state index is 11.9. The van der Waals surface area contributed by atoms with Gasteiger partial charge in [-0.1, -0.05) is 19.6 Å². The Morgan fingerprint density at radius 2 is 1.95 bits per heavy atom. The van der Waals surface area contributed by atoms with Crippen molar-refractivity contribution in [2.45, 2.75) is 39.0 Å². The van der Waals surface area contributed by atoms with Gasteiger partial charge >= 0.3 is 5.69 Å². The predicted molar refractivity (Wildman–Crippen MR) is 78.3 cm³/mol. The van der Waals surface area contributed by atoms with Crippen LogP contribution in [0.15, 0.2) is 22.0 Å². The number of rotatable bonds is 4. The first-order valence-corrected chi connectivity index (χ1v) is 9.94. The lowest BCUT2D eigenvalue weighted by Crippen LogP contribution is -2.40. The molecule has 7 nitrogen and oxygen atoms in total. The minimum Gasteiger partial charge on any atom is -0.361 e. The zero-order chi connectivity index (χ0) is 14.9. The maximum absolute atomic E-state index is 11.9. The molecular formula is C12H18N4O3Si.